The van der Waals surface area contributed by atoms with E-state index in [1.165, 1.54) is 5.56 Å². The Bertz CT molecular complexity index is 586. The Balaban J connectivity index is 2.18. The minimum atomic E-state index is 0.168. The van der Waals surface area contributed by atoms with Gasteiger partial charge in [-0.1, -0.05) is 45.0 Å². The molecule has 2 aromatic rings. The summed E-state index contributed by atoms with van der Waals surface area (Å²) in [5, 5.41) is 4.29. The number of aryl methyl sites for hydroxylation is 1. The van der Waals surface area contributed by atoms with Gasteiger partial charge in [-0.2, -0.15) is 5.10 Å². The highest BCUT2D eigenvalue weighted by Crippen LogP contribution is 2.21. The van der Waals surface area contributed by atoms with E-state index in [1.807, 2.05) is 6.92 Å². The summed E-state index contributed by atoms with van der Waals surface area (Å²) in [5.74, 6) is 0.403. The molecule has 0 bridgehead atoms. The highest BCUT2D eigenvalue weighted by molar-refractivity contribution is 5.79. The molecule has 0 saturated heterocycles. The van der Waals surface area contributed by atoms with Gasteiger partial charge in [0.25, 0.3) is 0 Å². The number of nitrogens with two attached hydrogens (primary N) is 1. The van der Waals surface area contributed by atoms with Crippen LogP contribution in [0.3, 0.4) is 0 Å². The van der Waals surface area contributed by atoms with E-state index in [0.717, 1.165) is 11.3 Å². The standard InChI is InChI=1S/C15H20N4/c1-11-10-19(14(16)18-11)17-9-12-5-7-13(8-6-12)15(2,3)4/h5-10H,1-4H3,(H2,16,18). The van der Waals surface area contributed by atoms with Gasteiger partial charge in [-0.25, -0.2) is 9.66 Å². The van der Waals surface area contributed by atoms with Crippen molar-refractivity contribution in [1.29, 1.82) is 0 Å². The lowest BCUT2D eigenvalue weighted by Gasteiger charge is -2.18. The molecule has 0 fully saturated rings. The number of aromatic nitrogens is 2. The van der Waals surface area contributed by atoms with Crippen molar-refractivity contribution < 1.29 is 0 Å². The minimum absolute atomic E-state index is 0.168. The number of nitrogen functional groups attached to an aromatic ring is 1. The Morgan fingerprint density at radius 2 is 1.84 bits per heavy atom. The second-order valence-corrected chi connectivity index (χ2v) is 5.70. The van der Waals surface area contributed by atoms with E-state index in [2.05, 4.69) is 55.1 Å². The predicted molar refractivity (Wildman–Crippen MR) is 79.5 cm³/mol. The third-order valence-corrected chi connectivity index (χ3v) is 2.94. The Labute approximate surface area is 114 Å². The van der Waals surface area contributed by atoms with Gasteiger partial charge in [-0.3, -0.25) is 0 Å². The normalized spacial score (nSPS) is 12.2. The third-order valence-electron chi connectivity index (χ3n) is 2.94. The number of nitrogens with zero attached hydrogens (tertiary/aromatic N) is 3. The Hall–Kier alpha value is -2.10. The van der Waals surface area contributed by atoms with Gasteiger partial charge in [-0.15, -0.1) is 0 Å². The summed E-state index contributed by atoms with van der Waals surface area (Å²) >= 11 is 0. The summed E-state index contributed by atoms with van der Waals surface area (Å²) in [7, 11) is 0. The molecular weight excluding hydrogens is 236 g/mol. The van der Waals surface area contributed by atoms with E-state index in [-0.39, 0.29) is 5.41 Å². The number of hydrogen-bond donors (Lipinski definition) is 1. The van der Waals surface area contributed by atoms with E-state index in [4.69, 9.17) is 5.73 Å². The Morgan fingerprint density at radius 1 is 1.21 bits per heavy atom. The van der Waals surface area contributed by atoms with Crippen molar-refractivity contribution in [3.8, 4) is 0 Å². The maximum atomic E-state index is 5.72. The molecule has 4 heteroatoms. The maximum Gasteiger partial charge on any atom is 0.221 e. The fraction of sp³-hybridized carbons (Fsp3) is 0.333. The average molecular weight is 256 g/mol. The van der Waals surface area contributed by atoms with Crippen molar-refractivity contribution in [2.75, 3.05) is 5.73 Å². The fourth-order valence-electron chi connectivity index (χ4n) is 1.79. The van der Waals surface area contributed by atoms with Crippen LogP contribution in [-0.4, -0.2) is 15.9 Å². The lowest BCUT2D eigenvalue weighted by molar-refractivity contribution is 0.590. The molecule has 0 spiro atoms. The largest absolute Gasteiger partial charge is 0.368 e. The topological polar surface area (TPSA) is 56.2 Å². The van der Waals surface area contributed by atoms with Crippen LogP contribution in [0.2, 0.25) is 0 Å². The SMILES string of the molecule is Cc1cn(N=Cc2ccc(C(C)(C)C)cc2)c(N)n1. The monoisotopic (exact) mass is 256 g/mol. The van der Waals surface area contributed by atoms with E-state index in [9.17, 15) is 0 Å². The van der Waals surface area contributed by atoms with E-state index in [1.54, 1.807) is 17.1 Å². The summed E-state index contributed by atoms with van der Waals surface area (Å²) in [4.78, 5) is 4.10. The Morgan fingerprint density at radius 3 is 2.32 bits per heavy atom. The number of hydrogen-bond acceptors (Lipinski definition) is 3. The highest BCUT2D eigenvalue weighted by Gasteiger charge is 2.12. The summed E-state index contributed by atoms with van der Waals surface area (Å²) in [6.07, 6.45) is 3.58. The summed E-state index contributed by atoms with van der Waals surface area (Å²) in [6, 6.07) is 8.38. The van der Waals surface area contributed by atoms with Gasteiger partial charge >= 0.3 is 0 Å². The second kappa shape index (κ2) is 4.88. The summed E-state index contributed by atoms with van der Waals surface area (Å²) < 4.78 is 1.58. The van der Waals surface area contributed by atoms with Crippen LogP contribution in [0.1, 0.15) is 37.6 Å². The first kappa shape index (κ1) is 13.3. The molecule has 1 aromatic heterocycles. The van der Waals surface area contributed by atoms with E-state index >= 15 is 0 Å². The molecule has 0 radical (unpaired) electrons. The van der Waals surface area contributed by atoms with Crippen molar-refractivity contribution in [2.45, 2.75) is 33.1 Å². The number of benzene rings is 1. The molecule has 4 nitrogen and oxygen atoms in total. The van der Waals surface area contributed by atoms with E-state index < -0.39 is 0 Å². The highest BCUT2D eigenvalue weighted by atomic mass is 15.4. The first-order valence-electron chi connectivity index (χ1n) is 6.32. The molecule has 2 N–H and O–H groups in total. The molecule has 19 heavy (non-hydrogen) atoms. The van der Waals surface area contributed by atoms with Crippen molar-refractivity contribution in [3.63, 3.8) is 0 Å². The smallest absolute Gasteiger partial charge is 0.221 e. The molecule has 0 amide bonds. The first-order valence-corrected chi connectivity index (χ1v) is 6.32. The van der Waals surface area contributed by atoms with Gasteiger partial charge in [-0.05, 0) is 23.5 Å². The van der Waals surface area contributed by atoms with Crippen molar-refractivity contribution in [3.05, 3.63) is 47.3 Å². The maximum absolute atomic E-state index is 5.72. The van der Waals surface area contributed by atoms with Gasteiger partial charge in [0.1, 0.15) is 0 Å². The van der Waals surface area contributed by atoms with Crippen LogP contribution in [0.4, 0.5) is 5.95 Å². The number of rotatable bonds is 2. The zero-order valence-electron chi connectivity index (χ0n) is 11.9. The van der Waals surface area contributed by atoms with Gasteiger partial charge in [0.15, 0.2) is 0 Å². The number of anilines is 1. The van der Waals surface area contributed by atoms with Crippen molar-refractivity contribution in [1.82, 2.24) is 9.66 Å². The van der Waals surface area contributed by atoms with Crippen LogP contribution in [0, 0.1) is 6.92 Å². The fourth-order valence-corrected chi connectivity index (χ4v) is 1.79. The molecule has 1 aromatic carbocycles. The molecule has 100 valence electrons. The quantitative estimate of drug-likeness (QED) is 0.840. The molecule has 0 aliphatic heterocycles. The zero-order chi connectivity index (χ0) is 14.0. The first-order chi connectivity index (χ1) is 8.86. The van der Waals surface area contributed by atoms with Gasteiger partial charge < -0.3 is 5.73 Å². The van der Waals surface area contributed by atoms with Crippen molar-refractivity contribution in [2.24, 2.45) is 5.10 Å². The second-order valence-electron chi connectivity index (χ2n) is 5.70. The third kappa shape index (κ3) is 3.22. The van der Waals surface area contributed by atoms with Crippen LogP contribution >= 0.6 is 0 Å². The molecule has 0 atom stereocenters. The van der Waals surface area contributed by atoms with Crippen LogP contribution in [0.15, 0.2) is 35.6 Å². The lowest BCUT2D eigenvalue weighted by Crippen LogP contribution is -2.10. The van der Waals surface area contributed by atoms with Gasteiger partial charge in [0, 0.05) is 0 Å². The molecule has 0 aliphatic rings. The van der Waals surface area contributed by atoms with Crippen LogP contribution in [0.25, 0.3) is 0 Å². The summed E-state index contributed by atoms with van der Waals surface area (Å²) in [5.41, 5.74) is 9.10. The zero-order valence-corrected chi connectivity index (χ0v) is 11.9. The molecular formula is C15H20N4. The Kier molecular flexibility index (Phi) is 3.42. The minimum Gasteiger partial charge on any atom is -0.368 e. The van der Waals surface area contributed by atoms with Gasteiger partial charge in [0.2, 0.25) is 5.95 Å². The van der Waals surface area contributed by atoms with Gasteiger partial charge in [0.05, 0.1) is 18.1 Å². The average Bonchev–Trinajstić information content (AvgIpc) is 2.65. The molecule has 2 rings (SSSR count). The lowest BCUT2D eigenvalue weighted by atomic mass is 9.87. The van der Waals surface area contributed by atoms with Crippen molar-refractivity contribution >= 4 is 12.2 Å². The summed E-state index contributed by atoms with van der Waals surface area (Å²) in [6.45, 7) is 8.49. The predicted octanol–water partition coefficient (Wildman–Crippen LogP) is 2.95. The molecule has 0 saturated carbocycles. The number of imidazole rings is 1. The van der Waals surface area contributed by atoms with E-state index in [0.29, 0.717) is 5.95 Å². The molecule has 0 unspecified atom stereocenters. The van der Waals surface area contributed by atoms with Crippen LogP contribution < -0.4 is 5.73 Å². The van der Waals surface area contributed by atoms with Crippen LogP contribution in [0.5, 0.6) is 0 Å². The molecule has 1 heterocycles. The van der Waals surface area contributed by atoms with Crippen LogP contribution in [-0.2, 0) is 5.41 Å². The molecule has 0 aliphatic carbocycles.